The Morgan fingerprint density at radius 2 is 2.04 bits per heavy atom. The van der Waals surface area contributed by atoms with Gasteiger partial charge in [-0.1, -0.05) is 43.2 Å². The molecule has 0 unspecified atom stereocenters. The third-order valence-electron chi connectivity index (χ3n) is 5.63. The van der Waals surface area contributed by atoms with Gasteiger partial charge in [-0.15, -0.1) is 16.9 Å². The number of amides is 1. The molecule has 2 aliphatic carbocycles. The molecule has 0 aliphatic heterocycles. The Morgan fingerprint density at radius 1 is 1.25 bits per heavy atom. The van der Waals surface area contributed by atoms with Crippen molar-refractivity contribution in [2.24, 2.45) is 5.41 Å². The van der Waals surface area contributed by atoms with Gasteiger partial charge in [-0.05, 0) is 30.2 Å². The third kappa shape index (κ3) is 2.53. The zero-order valence-electron chi connectivity index (χ0n) is 13.6. The van der Waals surface area contributed by atoms with Gasteiger partial charge in [0.05, 0.1) is 11.6 Å². The Kier molecular flexibility index (Phi) is 4.08. The second-order valence-electron chi connectivity index (χ2n) is 6.85. The van der Waals surface area contributed by atoms with Crippen molar-refractivity contribution in [1.82, 2.24) is 20.7 Å². The first-order chi connectivity index (χ1) is 11.8. The molecule has 1 spiro atoms. The van der Waals surface area contributed by atoms with Crippen LogP contribution in [-0.4, -0.2) is 33.6 Å². The third-order valence-corrected chi connectivity index (χ3v) is 6.53. The summed E-state index contributed by atoms with van der Waals surface area (Å²) in [4.78, 5) is 13.1. The molecule has 2 saturated carbocycles. The average Bonchev–Trinajstić information content (AvgIpc) is 2.98. The molecule has 0 saturated heterocycles. The van der Waals surface area contributed by atoms with Gasteiger partial charge in [0.1, 0.15) is 5.03 Å². The largest absolute Gasteiger partial charge is 0.354 e. The Morgan fingerprint density at radius 3 is 2.75 bits per heavy atom. The quantitative estimate of drug-likeness (QED) is 0.625. The standard InChI is InChI=1S/C18H22N4OS/c23-16(19-10-11-24-15-12-20-22-21-15)18(14-6-2-1-3-7-14)13-17(18)8-4-5-9-17/h1-3,6-7,12H,4-5,8-11,13H2,(H,19,23)(H,20,21,22)/t18-/m1/s1. The van der Waals surface area contributed by atoms with Gasteiger partial charge in [0, 0.05) is 12.3 Å². The molecule has 1 amide bonds. The maximum Gasteiger partial charge on any atom is 0.231 e. The fraction of sp³-hybridized carbons (Fsp3) is 0.500. The fourth-order valence-electron chi connectivity index (χ4n) is 4.43. The van der Waals surface area contributed by atoms with E-state index >= 15 is 0 Å². The van der Waals surface area contributed by atoms with Gasteiger partial charge in [0.15, 0.2) is 0 Å². The van der Waals surface area contributed by atoms with Crippen LogP contribution < -0.4 is 5.32 Å². The second-order valence-corrected chi connectivity index (χ2v) is 7.96. The molecule has 2 aliphatic rings. The maximum absolute atomic E-state index is 13.1. The molecule has 0 bridgehead atoms. The lowest BCUT2D eigenvalue weighted by Crippen LogP contribution is -2.39. The van der Waals surface area contributed by atoms with Gasteiger partial charge in [-0.25, -0.2) is 0 Å². The summed E-state index contributed by atoms with van der Waals surface area (Å²) in [6, 6.07) is 10.4. The summed E-state index contributed by atoms with van der Waals surface area (Å²) in [6.45, 7) is 0.654. The van der Waals surface area contributed by atoms with E-state index in [1.165, 1.54) is 31.2 Å². The van der Waals surface area contributed by atoms with Crippen molar-refractivity contribution in [2.75, 3.05) is 12.3 Å². The monoisotopic (exact) mass is 342 g/mol. The number of hydrogen-bond donors (Lipinski definition) is 2. The number of nitrogens with zero attached hydrogens (tertiary/aromatic N) is 2. The summed E-state index contributed by atoms with van der Waals surface area (Å²) in [5.41, 5.74) is 1.09. The fourth-order valence-corrected chi connectivity index (χ4v) is 5.08. The molecule has 126 valence electrons. The highest BCUT2D eigenvalue weighted by molar-refractivity contribution is 7.99. The molecule has 2 fully saturated rings. The maximum atomic E-state index is 13.1. The summed E-state index contributed by atoms with van der Waals surface area (Å²) in [6.07, 6.45) is 7.58. The number of thioether (sulfide) groups is 1. The van der Waals surface area contributed by atoms with Gasteiger partial charge in [-0.3, -0.25) is 4.79 Å². The van der Waals surface area contributed by atoms with E-state index in [0.717, 1.165) is 17.2 Å². The van der Waals surface area contributed by atoms with Gasteiger partial charge >= 0.3 is 0 Å². The van der Waals surface area contributed by atoms with Crippen molar-refractivity contribution < 1.29 is 4.79 Å². The van der Waals surface area contributed by atoms with E-state index in [1.807, 2.05) is 18.2 Å². The van der Waals surface area contributed by atoms with Crippen molar-refractivity contribution in [3.05, 3.63) is 42.1 Å². The first kappa shape index (κ1) is 15.7. The van der Waals surface area contributed by atoms with Gasteiger partial charge < -0.3 is 5.32 Å². The van der Waals surface area contributed by atoms with Crippen LogP contribution in [0, 0.1) is 5.41 Å². The van der Waals surface area contributed by atoms with Crippen molar-refractivity contribution in [1.29, 1.82) is 0 Å². The van der Waals surface area contributed by atoms with E-state index in [1.54, 1.807) is 18.0 Å². The molecular weight excluding hydrogens is 320 g/mol. The Labute approximate surface area is 146 Å². The van der Waals surface area contributed by atoms with E-state index in [4.69, 9.17) is 0 Å². The summed E-state index contributed by atoms with van der Waals surface area (Å²) >= 11 is 1.60. The predicted molar refractivity (Wildman–Crippen MR) is 93.8 cm³/mol. The van der Waals surface area contributed by atoms with Crippen molar-refractivity contribution in [2.45, 2.75) is 42.5 Å². The van der Waals surface area contributed by atoms with Gasteiger partial charge in [-0.2, -0.15) is 10.3 Å². The van der Waals surface area contributed by atoms with Crippen LogP contribution in [0.15, 0.2) is 41.6 Å². The number of aromatic amines is 1. The van der Waals surface area contributed by atoms with Crippen molar-refractivity contribution in [3.8, 4) is 0 Å². The highest BCUT2D eigenvalue weighted by Gasteiger charge is 2.72. The van der Waals surface area contributed by atoms with E-state index in [0.29, 0.717) is 6.54 Å². The molecule has 1 aromatic heterocycles. The van der Waals surface area contributed by atoms with Gasteiger partial charge in [0.25, 0.3) is 0 Å². The Bertz CT molecular complexity index is 697. The number of carbonyl (C=O) groups is 1. The molecule has 1 heterocycles. The number of hydrogen-bond acceptors (Lipinski definition) is 4. The van der Waals surface area contributed by atoms with E-state index in [9.17, 15) is 4.79 Å². The normalized spacial score (nSPS) is 24.2. The number of rotatable bonds is 6. The minimum absolute atomic E-state index is 0.205. The highest BCUT2D eigenvalue weighted by atomic mass is 32.2. The topological polar surface area (TPSA) is 70.7 Å². The molecule has 1 atom stereocenters. The first-order valence-electron chi connectivity index (χ1n) is 8.59. The van der Waals surface area contributed by atoms with Crippen LogP contribution in [0.1, 0.15) is 37.7 Å². The van der Waals surface area contributed by atoms with Crippen LogP contribution >= 0.6 is 11.8 Å². The Balaban J connectivity index is 1.43. The zero-order chi connectivity index (χ0) is 16.5. The summed E-state index contributed by atoms with van der Waals surface area (Å²) < 4.78 is 0. The summed E-state index contributed by atoms with van der Waals surface area (Å²) in [5.74, 6) is 1.01. The smallest absolute Gasteiger partial charge is 0.231 e. The Hall–Kier alpha value is -1.82. The molecule has 2 aromatic rings. The number of benzene rings is 1. The zero-order valence-corrected chi connectivity index (χ0v) is 14.4. The number of H-pyrrole nitrogens is 1. The van der Waals surface area contributed by atoms with Crippen LogP contribution in [0.4, 0.5) is 0 Å². The molecule has 5 nitrogen and oxygen atoms in total. The van der Waals surface area contributed by atoms with Gasteiger partial charge in [0.2, 0.25) is 5.91 Å². The minimum Gasteiger partial charge on any atom is -0.354 e. The van der Waals surface area contributed by atoms with Crippen LogP contribution in [0.3, 0.4) is 0 Å². The summed E-state index contributed by atoms with van der Waals surface area (Å²) in [5, 5.41) is 14.4. The molecule has 2 N–H and O–H groups in total. The average molecular weight is 342 g/mol. The number of carbonyl (C=O) groups excluding carboxylic acids is 1. The molecule has 0 radical (unpaired) electrons. The molecule has 1 aromatic carbocycles. The minimum atomic E-state index is -0.302. The highest BCUT2D eigenvalue weighted by Crippen LogP contribution is 2.72. The van der Waals surface area contributed by atoms with Crippen LogP contribution in [0.5, 0.6) is 0 Å². The van der Waals surface area contributed by atoms with E-state index < -0.39 is 0 Å². The lowest BCUT2D eigenvalue weighted by atomic mass is 9.84. The van der Waals surface area contributed by atoms with Crippen LogP contribution in [-0.2, 0) is 10.2 Å². The predicted octanol–water partition coefficient (Wildman–Crippen LogP) is 2.92. The van der Waals surface area contributed by atoms with Crippen molar-refractivity contribution in [3.63, 3.8) is 0 Å². The molecular formula is C18H22N4OS. The molecule has 4 rings (SSSR count). The van der Waals surface area contributed by atoms with E-state index in [2.05, 4.69) is 32.9 Å². The lowest BCUT2D eigenvalue weighted by molar-refractivity contribution is -0.124. The SMILES string of the molecule is O=C(NCCSc1cn[nH]n1)[C@]1(c2ccccc2)CC12CCCC2. The van der Waals surface area contributed by atoms with E-state index in [-0.39, 0.29) is 16.7 Å². The van der Waals surface area contributed by atoms with Crippen LogP contribution in [0.25, 0.3) is 0 Å². The first-order valence-corrected chi connectivity index (χ1v) is 9.58. The van der Waals surface area contributed by atoms with Crippen molar-refractivity contribution >= 4 is 17.7 Å². The lowest BCUT2D eigenvalue weighted by Gasteiger charge is -2.22. The number of nitrogens with one attached hydrogen (secondary N) is 2. The van der Waals surface area contributed by atoms with Crippen LogP contribution in [0.2, 0.25) is 0 Å². The number of aromatic nitrogens is 3. The summed E-state index contributed by atoms with van der Waals surface area (Å²) in [7, 11) is 0. The molecule has 6 heteroatoms. The second kappa shape index (κ2) is 6.24. The molecule has 24 heavy (non-hydrogen) atoms.